The number of nitrogens with zero attached hydrogens (tertiary/aromatic N) is 6. The molecule has 1 aromatic heterocycles. The summed E-state index contributed by atoms with van der Waals surface area (Å²) in [6.45, 7) is -1.32. The Labute approximate surface area is 225 Å². The lowest BCUT2D eigenvalue weighted by molar-refractivity contribution is -0.183. The lowest BCUT2D eigenvalue weighted by Crippen LogP contribution is -2.59. The minimum atomic E-state index is -1.56. The SMILES string of the molecule is [N-]=[N+]=NC1C(O)[C@@H](CO)O[C@@H](S[C@@H]2OC(CO)[C@H](O)C(n3cc(C(=O)OCc4ccccc4)nn3)C2O)[C@@H]1O. The number of ether oxygens (including phenoxy) is 3. The van der Waals surface area contributed by atoms with E-state index >= 15 is 0 Å². The average Bonchev–Trinajstić information content (AvgIpc) is 3.43. The number of thioether (sulfide) groups is 1. The number of aromatic nitrogens is 3. The van der Waals surface area contributed by atoms with Crippen molar-refractivity contribution in [3.05, 3.63) is 58.2 Å². The number of esters is 1. The Morgan fingerprint density at radius 1 is 1.03 bits per heavy atom. The molecule has 4 rings (SSSR count). The van der Waals surface area contributed by atoms with Gasteiger partial charge in [0.05, 0.1) is 31.6 Å². The summed E-state index contributed by atoms with van der Waals surface area (Å²) in [4.78, 5) is 15.1. The average molecular weight is 569 g/mol. The molecule has 2 fully saturated rings. The van der Waals surface area contributed by atoms with Crippen LogP contribution in [0.4, 0.5) is 0 Å². The Kier molecular flexibility index (Phi) is 9.73. The maximum Gasteiger partial charge on any atom is 0.360 e. The van der Waals surface area contributed by atoms with Crippen LogP contribution in [0.2, 0.25) is 0 Å². The maximum absolute atomic E-state index is 12.5. The first-order valence-corrected chi connectivity index (χ1v) is 12.8. The molecule has 2 saturated heterocycles. The van der Waals surface area contributed by atoms with E-state index in [4.69, 9.17) is 19.7 Å². The molecule has 212 valence electrons. The molecule has 0 aliphatic carbocycles. The Morgan fingerprint density at radius 3 is 2.31 bits per heavy atom. The van der Waals surface area contributed by atoms with Gasteiger partial charge < -0.3 is 44.8 Å². The molecule has 2 aromatic rings. The summed E-state index contributed by atoms with van der Waals surface area (Å²) in [5, 5.41) is 73.2. The van der Waals surface area contributed by atoms with Crippen LogP contribution in [0.1, 0.15) is 22.1 Å². The Bertz CT molecular complexity index is 1150. The van der Waals surface area contributed by atoms with Gasteiger partial charge in [0.1, 0.15) is 54.0 Å². The van der Waals surface area contributed by atoms with E-state index < -0.39 is 78.8 Å². The van der Waals surface area contributed by atoms with Crippen LogP contribution in [0.5, 0.6) is 0 Å². The van der Waals surface area contributed by atoms with Crippen molar-refractivity contribution in [1.29, 1.82) is 0 Å². The number of benzene rings is 1. The summed E-state index contributed by atoms with van der Waals surface area (Å²) in [7, 11) is 0. The van der Waals surface area contributed by atoms with E-state index in [9.17, 15) is 35.4 Å². The lowest BCUT2D eigenvalue weighted by Gasteiger charge is -2.45. The van der Waals surface area contributed by atoms with E-state index in [0.29, 0.717) is 0 Å². The summed E-state index contributed by atoms with van der Waals surface area (Å²) >= 11 is 0.722. The third-order valence-electron chi connectivity index (χ3n) is 6.39. The molecule has 6 N–H and O–H groups in total. The zero-order valence-corrected chi connectivity index (χ0v) is 21.1. The molecule has 1 aromatic carbocycles. The smallest absolute Gasteiger partial charge is 0.360 e. The van der Waals surface area contributed by atoms with Gasteiger partial charge in [0.2, 0.25) is 0 Å². The highest BCUT2D eigenvalue weighted by atomic mass is 32.2. The Hall–Kier alpha value is -2.83. The fraction of sp³-hybridized carbons (Fsp3) is 0.591. The van der Waals surface area contributed by atoms with E-state index in [1.165, 1.54) is 6.20 Å². The number of azide groups is 1. The van der Waals surface area contributed by atoms with Gasteiger partial charge in [-0.2, -0.15) is 0 Å². The van der Waals surface area contributed by atoms with Gasteiger partial charge in [-0.15, -0.1) is 5.10 Å². The molecule has 16 nitrogen and oxygen atoms in total. The third-order valence-corrected chi connectivity index (χ3v) is 7.70. The van der Waals surface area contributed by atoms with E-state index in [1.807, 2.05) is 6.07 Å². The van der Waals surface area contributed by atoms with Gasteiger partial charge >= 0.3 is 5.97 Å². The molecule has 3 heterocycles. The van der Waals surface area contributed by atoms with Crippen molar-refractivity contribution in [2.24, 2.45) is 5.11 Å². The van der Waals surface area contributed by atoms with E-state index in [-0.39, 0.29) is 12.3 Å². The van der Waals surface area contributed by atoms with Crippen molar-refractivity contribution < 1.29 is 49.6 Å². The molecule has 2 aliphatic heterocycles. The van der Waals surface area contributed by atoms with Gasteiger partial charge in [0.15, 0.2) is 5.69 Å². The lowest BCUT2D eigenvalue weighted by atomic mass is 9.97. The minimum Gasteiger partial charge on any atom is -0.456 e. The molecule has 0 saturated carbocycles. The van der Waals surface area contributed by atoms with Crippen molar-refractivity contribution in [2.45, 2.75) is 66.2 Å². The predicted octanol–water partition coefficient (Wildman–Crippen LogP) is -1.53. The summed E-state index contributed by atoms with van der Waals surface area (Å²) < 4.78 is 17.5. The summed E-state index contributed by atoms with van der Waals surface area (Å²) in [5.41, 5.74) is 6.86. The number of aliphatic hydroxyl groups is 6. The molecular weight excluding hydrogens is 540 g/mol. The summed E-state index contributed by atoms with van der Waals surface area (Å²) in [6, 6.07) is 6.33. The molecule has 17 heteroatoms. The van der Waals surface area contributed by atoms with Crippen LogP contribution in [0.25, 0.3) is 10.4 Å². The Balaban J connectivity index is 1.50. The van der Waals surface area contributed by atoms with Gasteiger partial charge in [0, 0.05) is 4.91 Å². The topological polar surface area (TPSA) is 246 Å². The van der Waals surface area contributed by atoms with Crippen LogP contribution in [0.15, 0.2) is 41.6 Å². The first-order valence-electron chi connectivity index (χ1n) is 11.9. The van der Waals surface area contributed by atoms with Crippen LogP contribution < -0.4 is 0 Å². The first kappa shape index (κ1) is 29.2. The fourth-order valence-corrected chi connectivity index (χ4v) is 5.64. The number of aliphatic hydroxyl groups excluding tert-OH is 6. The van der Waals surface area contributed by atoms with E-state index in [1.54, 1.807) is 24.3 Å². The molecule has 2 aliphatic rings. The standard InChI is InChI=1S/C22H28N6O10S/c23-26-25-14-16(31)12(7-29)37-21(18(14)33)39-22-19(34)15(17(32)13(8-30)38-22)28-6-11(24-27-28)20(35)36-9-10-4-2-1-3-5-10/h1-6,12-19,21-22,29-34H,7-9H2/t12-,13?,14?,15?,16?,17+,18-,19?,21+,22+/m1/s1. The number of hydrogen-bond donors (Lipinski definition) is 6. The van der Waals surface area contributed by atoms with Gasteiger partial charge in [0.25, 0.3) is 0 Å². The van der Waals surface area contributed by atoms with Crippen LogP contribution in [-0.4, -0.2) is 118 Å². The van der Waals surface area contributed by atoms with E-state index in [0.717, 1.165) is 22.0 Å². The summed E-state index contributed by atoms with van der Waals surface area (Å²) in [6.07, 6.45) is -7.35. The van der Waals surface area contributed by atoms with Gasteiger partial charge in [-0.3, -0.25) is 0 Å². The van der Waals surface area contributed by atoms with Crippen LogP contribution >= 0.6 is 11.8 Å². The van der Waals surface area contributed by atoms with Gasteiger partial charge in [-0.25, -0.2) is 9.48 Å². The largest absolute Gasteiger partial charge is 0.456 e. The highest BCUT2D eigenvalue weighted by molar-refractivity contribution is 8.00. The second kappa shape index (κ2) is 13.0. The zero-order chi connectivity index (χ0) is 28.1. The van der Waals surface area contributed by atoms with Crippen LogP contribution in [-0.2, 0) is 20.8 Å². The molecular formula is C22H28N6O10S. The molecule has 0 spiro atoms. The van der Waals surface area contributed by atoms with Crippen molar-refractivity contribution >= 4 is 17.7 Å². The zero-order valence-electron chi connectivity index (χ0n) is 20.3. The second-order valence-electron chi connectivity index (χ2n) is 8.88. The quantitative estimate of drug-likeness (QED) is 0.0870. The molecule has 0 amide bonds. The summed E-state index contributed by atoms with van der Waals surface area (Å²) in [5.74, 6) is -0.790. The molecule has 0 radical (unpaired) electrons. The highest BCUT2D eigenvalue weighted by Crippen LogP contribution is 2.40. The molecule has 0 bridgehead atoms. The second-order valence-corrected chi connectivity index (χ2v) is 10.1. The minimum absolute atomic E-state index is 0.00948. The molecule has 10 atom stereocenters. The van der Waals surface area contributed by atoms with Gasteiger partial charge in [-0.1, -0.05) is 52.4 Å². The first-order chi connectivity index (χ1) is 18.8. The van der Waals surface area contributed by atoms with Crippen molar-refractivity contribution in [3.8, 4) is 0 Å². The number of carbonyl (C=O) groups excluding carboxylic acids is 1. The van der Waals surface area contributed by atoms with E-state index in [2.05, 4.69) is 20.3 Å². The highest BCUT2D eigenvalue weighted by Gasteiger charge is 2.50. The van der Waals surface area contributed by atoms with Crippen LogP contribution in [0.3, 0.4) is 0 Å². The fourth-order valence-electron chi connectivity index (χ4n) is 4.31. The number of rotatable bonds is 9. The molecule has 39 heavy (non-hydrogen) atoms. The number of hydrogen-bond acceptors (Lipinski definition) is 14. The Morgan fingerprint density at radius 2 is 1.67 bits per heavy atom. The van der Waals surface area contributed by atoms with Crippen molar-refractivity contribution in [1.82, 2.24) is 15.0 Å². The van der Waals surface area contributed by atoms with Gasteiger partial charge in [-0.05, 0) is 11.1 Å². The predicted molar refractivity (Wildman–Crippen MR) is 131 cm³/mol. The van der Waals surface area contributed by atoms with Crippen LogP contribution in [0, 0.1) is 0 Å². The monoisotopic (exact) mass is 568 g/mol. The normalized spacial score (nSPS) is 34.7. The van der Waals surface area contributed by atoms with Crippen molar-refractivity contribution in [3.63, 3.8) is 0 Å². The molecule has 5 unspecified atom stereocenters. The third kappa shape index (κ3) is 6.33. The van der Waals surface area contributed by atoms with Crippen molar-refractivity contribution in [2.75, 3.05) is 13.2 Å². The number of carbonyl (C=O) groups is 1. The maximum atomic E-state index is 12.5.